The van der Waals surface area contributed by atoms with Gasteiger partial charge in [-0.25, -0.2) is 4.39 Å². The van der Waals surface area contributed by atoms with E-state index in [4.69, 9.17) is 11.6 Å². The summed E-state index contributed by atoms with van der Waals surface area (Å²) in [7, 11) is 0. The third-order valence-electron chi connectivity index (χ3n) is 4.63. The number of rotatable bonds is 2. The predicted molar refractivity (Wildman–Crippen MR) is 76.9 cm³/mol. The lowest BCUT2D eigenvalue weighted by atomic mass is 9.64. The predicted octanol–water partition coefficient (Wildman–Crippen LogP) is 4.55. The molecule has 1 saturated carbocycles. The van der Waals surface area contributed by atoms with Crippen molar-refractivity contribution in [1.82, 2.24) is 0 Å². The van der Waals surface area contributed by atoms with Gasteiger partial charge in [-0.15, -0.1) is 0 Å². The van der Waals surface area contributed by atoms with Crippen LogP contribution in [-0.2, 0) is 5.41 Å². The second-order valence-electron chi connectivity index (χ2n) is 6.44. The largest absolute Gasteiger partial charge is 0.393 e. The first-order valence-corrected chi connectivity index (χ1v) is 7.33. The van der Waals surface area contributed by atoms with Crippen LogP contribution in [0.15, 0.2) is 18.2 Å². The molecule has 1 aliphatic carbocycles. The molecular weight excluding hydrogens is 263 g/mol. The number of hydrogen-bond acceptors (Lipinski definition) is 1. The van der Waals surface area contributed by atoms with Crippen LogP contribution in [0.1, 0.15) is 45.6 Å². The van der Waals surface area contributed by atoms with Crippen LogP contribution >= 0.6 is 11.6 Å². The van der Waals surface area contributed by atoms with Crippen molar-refractivity contribution in [2.75, 3.05) is 0 Å². The van der Waals surface area contributed by atoms with Crippen molar-refractivity contribution in [2.45, 2.75) is 51.6 Å². The smallest absolute Gasteiger partial charge is 0.128 e. The zero-order chi connectivity index (χ0) is 14.2. The molecule has 1 aromatic carbocycles. The number of aliphatic hydroxyl groups is 1. The lowest BCUT2D eigenvalue weighted by Crippen LogP contribution is -2.41. The van der Waals surface area contributed by atoms with E-state index < -0.39 is 0 Å². The highest BCUT2D eigenvalue weighted by Crippen LogP contribution is 2.43. The maximum Gasteiger partial charge on any atom is 0.128 e. The molecular formula is C16H22ClFO. The molecule has 3 atom stereocenters. The van der Waals surface area contributed by atoms with Crippen molar-refractivity contribution in [3.63, 3.8) is 0 Å². The molecule has 0 aliphatic heterocycles. The quantitative estimate of drug-likeness (QED) is 0.844. The van der Waals surface area contributed by atoms with Crippen LogP contribution in [0.3, 0.4) is 0 Å². The van der Waals surface area contributed by atoms with Crippen LogP contribution in [-0.4, -0.2) is 11.2 Å². The van der Waals surface area contributed by atoms with Gasteiger partial charge in [-0.3, -0.25) is 0 Å². The van der Waals surface area contributed by atoms with E-state index in [0.29, 0.717) is 16.5 Å². The highest BCUT2D eigenvalue weighted by molar-refractivity contribution is 6.30. The van der Waals surface area contributed by atoms with E-state index in [2.05, 4.69) is 6.92 Å². The van der Waals surface area contributed by atoms with Gasteiger partial charge >= 0.3 is 0 Å². The van der Waals surface area contributed by atoms with Crippen molar-refractivity contribution < 1.29 is 9.50 Å². The Bertz CT molecular complexity index is 458. The summed E-state index contributed by atoms with van der Waals surface area (Å²) in [6.07, 6.45) is 2.50. The molecule has 1 N–H and O–H groups in total. The van der Waals surface area contributed by atoms with Crippen LogP contribution in [0.5, 0.6) is 0 Å². The molecule has 1 aromatic rings. The second kappa shape index (κ2) is 5.41. The van der Waals surface area contributed by atoms with Crippen molar-refractivity contribution in [1.29, 1.82) is 0 Å². The molecule has 19 heavy (non-hydrogen) atoms. The third-order valence-corrected chi connectivity index (χ3v) is 4.87. The highest BCUT2D eigenvalue weighted by Gasteiger charge is 2.40. The number of hydrogen-bond donors (Lipinski definition) is 1. The fourth-order valence-corrected chi connectivity index (χ4v) is 3.56. The van der Waals surface area contributed by atoms with Gasteiger partial charge in [0.25, 0.3) is 0 Å². The summed E-state index contributed by atoms with van der Waals surface area (Å²) in [5, 5.41) is 10.7. The Hall–Kier alpha value is -0.600. The van der Waals surface area contributed by atoms with Gasteiger partial charge in [-0.05, 0) is 47.8 Å². The highest BCUT2D eigenvalue weighted by atomic mass is 35.5. The first-order valence-electron chi connectivity index (χ1n) is 6.96. The van der Waals surface area contributed by atoms with Crippen molar-refractivity contribution >= 4 is 11.6 Å². The maximum atomic E-state index is 14.1. The van der Waals surface area contributed by atoms with Gasteiger partial charge in [-0.2, -0.15) is 0 Å². The van der Waals surface area contributed by atoms with E-state index in [1.54, 1.807) is 12.1 Å². The second-order valence-corrected chi connectivity index (χ2v) is 6.87. The summed E-state index contributed by atoms with van der Waals surface area (Å²) in [4.78, 5) is 0. The summed E-state index contributed by atoms with van der Waals surface area (Å²) >= 11 is 5.81. The standard InChI is InChI=1S/C16H22ClFO/c1-10-4-6-13(15(19)8-10)16(2,3)12-7-5-11(17)9-14(12)18/h5,7,9-10,13,15,19H,4,6,8H2,1-3H3. The minimum Gasteiger partial charge on any atom is -0.393 e. The molecule has 106 valence electrons. The van der Waals surface area contributed by atoms with E-state index in [9.17, 15) is 9.50 Å². The molecule has 2 rings (SSSR count). The number of halogens is 2. The van der Waals surface area contributed by atoms with Crippen LogP contribution in [0, 0.1) is 17.7 Å². The van der Waals surface area contributed by atoms with Crippen LogP contribution < -0.4 is 0 Å². The van der Waals surface area contributed by atoms with Crippen molar-refractivity contribution in [3.05, 3.63) is 34.6 Å². The lowest BCUT2D eigenvalue weighted by Gasteiger charge is -2.42. The molecule has 1 aliphatic rings. The Morgan fingerprint density at radius 1 is 1.32 bits per heavy atom. The Kier molecular flexibility index (Phi) is 4.22. The first-order chi connectivity index (χ1) is 8.82. The maximum absolute atomic E-state index is 14.1. The molecule has 1 fully saturated rings. The minimum atomic E-state index is -0.381. The average molecular weight is 285 g/mol. The summed E-state index contributed by atoms with van der Waals surface area (Å²) in [6, 6.07) is 4.83. The number of aliphatic hydroxyl groups excluding tert-OH is 1. The third kappa shape index (κ3) is 2.95. The SMILES string of the molecule is CC1CCC(C(C)(C)c2ccc(Cl)cc2F)C(O)C1. The molecule has 0 heterocycles. The number of benzene rings is 1. The zero-order valence-corrected chi connectivity index (χ0v) is 12.5. The van der Waals surface area contributed by atoms with Crippen LogP contribution in [0.4, 0.5) is 4.39 Å². The van der Waals surface area contributed by atoms with E-state index in [0.717, 1.165) is 19.3 Å². The molecule has 0 bridgehead atoms. The van der Waals surface area contributed by atoms with Gasteiger partial charge in [0.15, 0.2) is 0 Å². The molecule has 0 spiro atoms. The lowest BCUT2D eigenvalue weighted by molar-refractivity contribution is 0.0135. The van der Waals surface area contributed by atoms with Gasteiger partial charge in [0.1, 0.15) is 5.82 Å². The first kappa shape index (κ1) is 14.8. The van der Waals surface area contributed by atoms with E-state index in [1.165, 1.54) is 6.07 Å². The van der Waals surface area contributed by atoms with Gasteiger partial charge in [0, 0.05) is 5.02 Å². The fraction of sp³-hybridized carbons (Fsp3) is 0.625. The molecule has 1 nitrogen and oxygen atoms in total. The Morgan fingerprint density at radius 2 is 2.00 bits per heavy atom. The fourth-order valence-electron chi connectivity index (χ4n) is 3.40. The summed E-state index contributed by atoms with van der Waals surface area (Å²) in [6.45, 7) is 6.20. The molecule has 0 aromatic heterocycles. The zero-order valence-electron chi connectivity index (χ0n) is 11.8. The van der Waals surface area contributed by atoms with E-state index in [-0.39, 0.29) is 23.3 Å². The van der Waals surface area contributed by atoms with E-state index in [1.807, 2.05) is 13.8 Å². The van der Waals surface area contributed by atoms with Crippen LogP contribution in [0.2, 0.25) is 5.02 Å². The van der Waals surface area contributed by atoms with Gasteiger partial charge < -0.3 is 5.11 Å². The van der Waals surface area contributed by atoms with Gasteiger partial charge in [0.2, 0.25) is 0 Å². The average Bonchev–Trinajstić information content (AvgIpc) is 2.27. The topological polar surface area (TPSA) is 20.2 Å². The molecule has 0 amide bonds. The Morgan fingerprint density at radius 3 is 2.58 bits per heavy atom. The Labute approximate surface area is 119 Å². The minimum absolute atomic E-state index is 0.0966. The molecule has 0 saturated heterocycles. The molecule has 3 unspecified atom stereocenters. The van der Waals surface area contributed by atoms with Gasteiger partial charge in [0.05, 0.1) is 6.10 Å². The van der Waals surface area contributed by atoms with Crippen molar-refractivity contribution in [2.24, 2.45) is 11.8 Å². The monoisotopic (exact) mass is 284 g/mol. The molecule has 3 heteroatoms. The summed E-state index contributed by atoms with van der Waals surface area (Å²) in [5.74, 6) is 0.375. The Balaban J connectivity index is 2.30. The van der Waals surface area contributed by atoms with Gasteiger partial charge in [-0.1, -0.05) is 44.9 Å². The normalized spacial score (nSPS) is 28.4. The van der Waals surface area contributed by atoms with Crippen molar-refractivity contribution in [3.8, 4) is 0 Å². The van der Waals surface area contributed by atoms with E-state index >= 15 is 0 Å². The summed E-state index contributed by atoms with van der Waals surface area (Å²) < 4.78 is 14.1. The van der Waals surface area contributed by atoms with Crippen LogP contribution in [0.25, 0.3) is 0 Å². The molecule has 0 radical (unpaired) electrons. The summed E-state index contributed by atoms with van der Waals surface area (Å²) in [5.41, 5.74) is 0.268.